The smallest absolute Gasteiger partial charge is 0.257 e. The van der Waals surface area contributed by atoms with E-state index in [-0.39, 0.29) is 11.8 Å². The molecule has 0 spiro atoms. The molecule has 1 saturated heterocycles. The molecule has 28 heavy (non-hydrogen) atoms. The van der Waals surface area contributed by atoms with Crippen LogP contribution in [0.4, 0.5) is 0 Å². The Labute approximate surface area is 166 Å². The number of carbonyl (C=O) groups is 1. The van der Waals surface area contributed by atoms with E-state index in [1.54, 1.807) is 23.2 Å². The number of aromatic nitrogens is 2. The van der Waals surface area contributed by atoms with Crippen LogP contribution in [0.25, 0.3) is 0 Å². The first-order chi connectivity index (χ1) is 13.4. The lowest BCUT2D eigenvalue weighted by molar-refractivity contribution is 0.0771. The number of sulfonamides is 1. The summed E-state index contributed by atoms with van der Waals surface area (Å²) in [5.74, 6) is 0.0740. The average molecular weight is 405 g/mol. The van der Waals surface area contributed by atoms with E-state index >= 15 is 0 Å². The third kappa shape index (κ3) is 3.98. The highest BCUT2D eigenvalue weighted by atomic mass is 32.2. The van der Waals surface area contributed by atoms with Gasteiger partial charge in [-0.25, -0.2) is 8.42 Å². The summed E-state index contributed by atoms with van der Waals surface area (Å²) in [5, 5.41) is 7.07. The minimum atomic E-state index is -3.49. The summed E-state index contributed by atoms with van der Waals surface area (Å²) in [5.41, 5.74) is 2.45. The number of hydrogen-bond acceptors (Lipinski definition) is 4. The van der Waals surface area contributed by atoms with Crippen LogP contribution in [0.5, 0.6) is 0 Å². The molecule has 0 atom stereocenters. The summed E-state index contributed by atoms with van der Waals surface area (Å²) in [6, 6.07) is 6.95. The Morgan fingerprint density at radius 1 is 1.18 bits per heavy atom. The van der Waals surface area contributed by atoms with Crippen molar-refractivity contribution in [3.05, 3.63) is 47.3 Å². The van der Waals surface area contributed by atoms with Crippen LogP contribution in [0.1, 0.15) is 54.2 Å². The number of nitrogens with zero attached hydrogens (tertiary/aromatic N) is 3. The van der Waals surface area contributed by atoms with E-state index in [0.29, 0.717) is 49.5 Å². The highest BCUT2D eigenvalue weighted by molar-refractivity contribution is 7.89. The number of aryl methyl sites for hydroxylation is 1. The number of benzene rings is 1. The molecule has 1 aliphatic rings. The van der Waals surface area contributed by atoms with E-state index in [1.807, 2.05) is 32.9 Å². The van der Waals surface area contributed by atoms with Gasteiger partial charge in [0.1, 0.15) is 0 Å². The molecule has 2 aromatic rings. The predicted molar refractivity (Wildman–Crippen MR) is 108 cm³/mol. The second kappa shape index (κ2) is 8.45. The lowest BCUT2D eigenvalue weighted by Crippen LogP contribution is -2.38. The van der Waals surface area contributed by atoms with E-state index in [0.717, 1.165) is 11.3 Å². The molecule has 8 heteroatoms. The zero-order chi connectivity index (χ0) is 20.3. The van der Waals surface area contributed by atoms with Crippen LogP contribution in [0.3, 0.4) is 0 Å². The molecule has 1 fully saturated rings. The quantitative estimate of drug-likeness (QED) is 0.802. The van der Waals surface area contributed by atoms with Gasteiger partial charge in [0, 0.05) is 32.1 Å². The molecule has 7 nitrogen and oxygen atoms in total. The van der Waals surface area contributed by atoms with Crippen LogP contribution in [0.2, 0.25) is 0 Å². The van der Waals surface area contributed by atoms with Crippen molar-refractivity contribution in [2.45, 2.75) is 44.4 Å². The van der Waals surface area contributed by atoms with Gasteiger partial charge in [-0.2, -0.15) is 9.40 Å². The Hall–Kier alpha value is -2.19. The van der Waals surface area contributed by atoms with Crippen molar-refractivity contribution in [3.8, 4) is 0 Å². The van der Waals surface area contributed by atoms with Gasteiger partial charge in [-0.1, -0.05) is 17.7 Å². The van der Waals surface area contributed by atoms with E-state index < -0.39 is 10.0 Å². The lowest BCUT2D eigenvalue weighted by atomic mass is 9.92. The third-order valence-corrected chi connectivity index (χ3v) is 7.38. The van der Waals surface area contributed by atoms with Crippen LogP contribution < -0.4 is 0 Å². The molecular weight excluding hydrogens is 376 g/mol. The Morgan fingerprint density at radius 2 is 1.79 bits per heavy atom. The number of hydrogen-bond donors (Lipinski definition) is 1. The first-order valence-corrected chi connectivity index (χ1v) is 11.2. The number of nitrogens with one attached hydrogen (secondary N) is 1. The normalized spacial score (nSPS) is 16.2. The molecule has 1 N–H and O–H groups in total. The van der Waals surface area contributed by atoms with Crippen molar-refractivity contribution in [2.75, 3.05) is 26.2 Å². The molecule has 0 radical (unpaired) electrons. The lowest BCUT2D eigenvalue weighted by Gasteiger charge is -2.31. The number of aromatic amines is 1. The summed E-state index contributed by atoms with van der Waals surface area (Å²) in [7, 11) is -3.49. The summed E-state index contributed by atoms with van der Waals surface area (Å²) in [6.45, 7) is 7.99. The number of carbonyl (C=O) groups excluding carboxylic acids is 1. The number of H-pyrrole nitrogens is 1. The Bertz CT molecular complexity index is 909. The van der Waals surface area contributed by atoms with Gasteiger partial charge in [-0.05, 0) is 45.7 Å². The fourth-order valence-electron chi connectivity index (χ4n) is 3.70. The Morgan fingerprint density at radius 3 is 2.36 bits per heavy atom. The van der Waals surface area contributed by atoms with Crippen molar-refractivity contribution in [2.24, 2.45) is 0 Å². The zero-order valence-corrected chi connectivity index (χ0v) is 17.5. The van der Waals surface area contributed by atoms with E-state index in [9.17, 15) is 13.2 Å². The minimum absolute atomic E-state index is 0.0246. The maximum atomic E-state index is 12.9. The largest absolute Gasteiger partial charge is 0.339 e. The number of piperidine rings is 1. The maximum Gasteiger partial charge on any atom is 0.257 e. The molecule has 1 aliphatic heterocycles. The number of rotatable bonds is 6. The fourth-order valence-corrected chi connectivity index (χ4v) is 5.17. The molecular formula is C20H28N4O3S. The van der Waals surface area contributed by atoms with E-state index in [1.165, 1.54) is 4.31 Å². The van der Waals surface area contributed by atoms with E-state index in [4.69, 9.17) is 0 Å². The average Bonchev–Trinajstić information content (AvgIpc) is 3.19. The van der Waals surface area contributed by atoms with Crippen LogP contribution in [-0.2, 0) is 10.0 Å². The molecule has 0 aliphatic carbocycles. The van der Waals surface area contributed by atoms with Gasteiger partial charge in [-0.3, -0.25) is 9.89 Å². The van der Waals surface area contributed by atoms with Crippen molar-refractivity contribution in [1.29, 1.82) is 0 Å². The van der Waals surface area contributed by atoms with Gasteiger partial charge in [0.25, 0.3) is 5.91 Å². The van der Waals surface area contributed by atoms with Crippen molar-refractivity contribution < 1.29 is 13.2 Å². The topological polar surface area (TPSA) is 86.4 Å². The van der Waals surface area contributed by atoms with Crippen LogP contribution in [0, 0.1) is 6.92 Å². The first-order valence-electron chi connectivity index (χ1n) is 9.77. The molecule has 152 valence electrons. The Balaban J connectivity index is 1.72. The molecule has 0 saturated carbocycles. The SMILES string of the molecule is CCN(CC)C(=O)c1cn[nH]c1C1CCN(S(=O)(=O)c2ccc(C)cc2)CC1. The molecule has 1 amide bonds. The maximum absolute atomic E-state index is 12.9. The molecule has 1 aromatic heterocycles. The molecule has 3 rings (SSSR count). The second-order valence-electron chi connectivity index (χ2n) is 7.17. The predicted octanol–water partition coefficient (Wildman–Crippen LogP) is 2.77. The highest BCUT2D eigenvalue weighted by Gasteiger charge is 2.32. The molecule has 0 unspecified atom stereocenters. The third-order valence-electron chi connectivity index (χ3n) is 5.47. The highest BCUT2D eigenvalue weighted by Crippen LogP contribution is 2.31. The summed E-state index contributed by atoms with van der Waals surface area (Å²) in [4.78, 5) is 14.8. The minimum Gasteiger partial charge on any atom is -0.339 e. The zero-order valence-electron chi connectivity index (χ0n) is 16.7. The Kier molecular flexibility index (Phi) is 6.20. The van der Waals surface area contributed by atoms with Crippen LogP contribution in [-0.4, -0.2) is 59.9 Å². The summed E-state index contributed by atoms with van der Waals surface area (Å²) < 4.78 is 27.3. The second-order valence-corrected chi connectivity index (χ2v) is 9.10. The summed E-state index contributed by atoms with van der Waals surface area (Å²) in [6.07, 6.45) is 2.91. The standard InChI is InChI=1S/C20H28N4O3S/c1-4-23(5-2)20(25)18-14-21-22-19(18)16-10-12-24(13-11-16)28(26,27)17-8-6-15(3)7-9-17/h6-9,14,16H,4-5,10-13H2,1-3H3,(H,21,22). The first kappa shape index (κ1) is 20.5. The summed E-state index contributed by atoms with van der Waals surface area (Å²) >= 11 is 0. The van der Waals surface area contributed by atoms with Gasteiger partial charge in [0.15, 0.2) is 0 Å². The van der Waals surface area contributed by atoms with Crippen molar-refractivity contribution >= 4 is 15.9 Å². The van der Waals surface area contributed by atoms with Gasteiger partial charge >= 0.3 is 0 Å². The van der Waals surface area contributed by atoms with E-state index in [2.05, 4.69) is 10.2 Å². The van der Waals surface area contributed by atoms with Gasteiger partial charge in [-0.15, -0.1) is 0 Å². The van der Waals surface area contributed by atoms with Crippen molar-refractivity contribution in [3.63, 3.8) is 0 Å². The molecule has 0 bridgehead atoms. The fraction of sp³-hybridized carbons (Fsp3) is 0.500. The molecule has 1 aromatic carbocycles. The van der Waals surface area contributed by atoms with Gasteiger partial charge < -0.3 is 4.90 Å². The van der Waals surface area contributed by atoms with Gasteiger partial charge in [0.05, 0.1) is 22.3 Å². The molecule has 2 heterocycles. The van der Waals surface area contributed by atoms with Crippen LogP contribution in [0.15, 0.2) is 35.4 Å². The van der Waals surface area contributed by atoms with Gasteiger partial charge in [0.2, 0.25) is 10.0 Å². The monoisotopic (exact) mass is 404 g/mol. The van der Waals surface area contributed by atoms with Crippen LogP contribution >= 0.6 is 0 Å². The number of amides is 1. The van der Waals surface area contributed by atoms with Crippen molar-refractivity contribution in [1.82, 2.24) is 19.4 Å².